The van der Waals surface area contributed by atoms with Gasteiger partial charge in [-0.2, -0.15) is 0 Å². The number of aliphatic imine (C=N–C) groups is 1. The molecule has 0 saturated heterocycles. The third kappa shape index (κ3) is 5.75. The first-order chi connectivity index (χ1) is 14.6. The molecule has 0 radical (unpaired) electrons. The lowest BCUT2D eigenvalue weighted by Gasteiger charge is -2.13. The number of carbonyl (C=O) groups excluding carboxylic acids is 1. The summed E-state index contributed by atoms with van der Waals surface area (Å²) in [4.78, 5) is 16.5. The van der Waals surface area contributed by atoms with Crippen LogP contribution < -0.4 is 19.5 Å². The Hall–Kier alpha value is -3.51. The van der Waals surface area contributed by atoms with Gasteiger partial charge in [-0.25, -0.2) is 0 Å². The highest BCUT2D eigenvalue weighted by molar-refractivity contribution is 6.32. The monoisotopic (exact) mass is 424 g/mol. The van der Waals surface area contributed by atoms with Gasteiger partial charge in [0.25, 0.3) is 5.91 Å². The van der Waals surface area contributed by atoms with Crippen LogP contribution in [0.4, 0.5) is 11.4 Å². The number of halogens is 1. The number of nitrogens with zero attached hydrogens (tertiary/aromatic N) is 1. The van der Waals surface area contributed by atoms with Crippen molar-refractivity contribution in [3.63, 3.8) is 0 Å². The van der Waals surface area contributed by atoms with E-state index >= 15 is 0 Å². The van der Waals surface area contributed by atoms with Gasteiger partial charge in [0, 0.05) is 11.9 Å². The van der Waals surface area contributed by atoms with Crippen LogP contribution in [0.15, 0.2) is 71.7 Å². The van der Waals surface area contributed by atoms with Gasteiger partial charge in [0.15, 0.2) is 18.1 Å². The van der Waals surface area contributed by atoms with E-state index in [2.05, 4.69) is 10.3 Å². The molecule has 0 saturated carbocycles. The number of amides is 1. The normalized spacial score (nSPS) is 10.6. The van der Waals surface area contributed by atoms with Crippen LogP contribution in [0.3, 0.4) is 0 Å². The first kappa shape index (κ1) is 21.2. The van der Waals surface area contributed by atoms with Gasteiger partial charge in [-0.1, -0.05) is 29.8 Å². The fraction of sp³-hybridized carbons (Fsp3) is 0.130. The molecule has 7 heteroatoms. The van der Waals surface area contributed by atoms with E-state index in [1.807, 2.05) is 42.5 Å². The Morgan fingerprint density at radius 3 is 2.43 bits per heavy atom. The van der Waals surface area contributed by atoms with E-state index in [1.54, 1.807) is 37.6 Å². The summed E-state index contributed by atoms with van der Waals surface area (Å²) in [6.45, 7) is -0.204. The second-order valence-electron chi connectivity index (χ2n) is 6.19. The predicted molar refractivity (Wildman–Crippen MR) is 119 cm³/mol. The van der Waals surface area contributed by atoms with Gasteiger partial charge < -0.3 is 19.5 Å². The maximum absolute atomic E-state index is 12.1. The topological polar surface area (TPSA) is 69.2 Å². The lowest BCUT2D eigenvalue weighted by molar-refractivity contribution is -0.118. The zero-order valence-corrected chi connectivity index (χ0v) is 17.3. The van der Waals surface area contributed by atoms with Crippen molar-refractivity contribution in [3.8, 4) is 17.2 Å². The maximum atomic E-state index is 12.1. The smallest absolute Gasteiger partial charge is 0.262 e. The summed E-state index contributed by atoms with van der Waals surface area (Å²) in [5.74, 6) is 1.16. The molecule has 0 heterocycles. The number of anilines is 1. The molecular formula is C23H21ClN2O4. The number of ether oxygens (including phenoxy) is 3. The third-order valence-corrected chi connectivity index (χ3v) is 4.37. The van der Waals surface area contributed by atoms with Crippen LogP contribution in [-0.2, 0) is 4.79 Å². The fourth-order valence-corrected chi connectivity index (χ4v) is 2.90. The quantitative estimate of drug-likeness (QED) is 0.509. The van der Waals surface area contributed by atoms with Crippen LogP contribution in [0, 0.1) is 0 Å². The molecule has 0 aliphatic carbocycles. The molecule has 0 bridgehead atoms. The van der Waals surface area contributed by atoms with Crippen molar-refractivity contribution < 1.29 is 19.0 Å². The van der Waals surface area contributed by atoms with Crippen molar-refractivity contribution in [1.29, 1.82) is 0 Å². The molecule has 0 aromatic heterocycles. The van der Waals surface area contributed by atoms with Gasteiger partial charge in [-0.15, -0.1) is 0 Å². The van der Waals surface area contributed by atoms with Crippen molar-refractivity contribution in [2.24, 2.45) is 4.99 Å². The van der Waals surface area contributed by atoms with Crippen LogP contribution in [0.1, 0.15) is 5.56 Å². The molecule has 3 aromatic rings. The zero-order valence-electron chi connectivity index (χ0n) is 16.6. The van der Waals surface area contributed by atoms with Crippen molar-refractivity contribution in [3.05, 3.63) is 77.3 Å². The van der Waals surface area contributed by atoms with Crippen molar-refractivity contribution in [2.75, 3.05) is 26.1 Å². The molecule has 3 aromatic carbocycles. The van der Waals surface area contributed by atoms with Crippen LogP contribution in [0.25, 0.3) is 0 Å². The molecular weight excluding hydrogens is 404 g/mol. The molecule has 0 unspecified atom stereocenters. The second-order valence-corrected chi connectivity index (χ2v) is 6.60. The number of hydrogen-bond donors (Lipinski definition) is 1. The number of benzene rings is 3. The summed E-state index contributed by atoms with van der Waals surface area (Å²) < 4.78 is 16.1. The van der Waals surface area contributed by atoms with Crippen LogP contribution in [0.2, 0.25) is 5.02 Å². The highest BCUT2D eigenvalue weighted by atomic mass is 35.5. The third-order valence-electron chi connectivity index (χ3n) is 4.09. The van der Waals surface area contributed by atoms with E-state index in [-0.39, 0.29) is 12.5 Å². The minimum Gasteiger partial charge on any atom is -0.497 e. The van der Waals surface area contributed by atoms with E-state index in [4.69, 9.17) is 25.8 Å². The molecule has 1 N–H and O–H groups in total. The van der Waals surface area contributed by atoms with Gasteiger partial charge in [-0.3, -0.25) is 9.79 Å². The summed E-state index contributed by atoms with van der Waals surface area (Å²) in [6.07, 6.45) is 1.67. The largest absolute Gasteiger partial charge is 0.497 e. The van der Waals surface area contributed by atoms with Crippen LogP contribution >= 0.6 is 11.6 Å². The molecule has 0 aliphatic rings. The standard InChI is InChI=1S/C23H21ClN2O4/c1-28-19-10-8-17(9-11-19)25-14-16-12-20(24)23(21(13-16)29-2)30-15-22(27)26-18-6-4-3-5-7-18/h3-14H,15H2,1-2H3,(H,26,27). The van der Waals surface area contributed by atoms with Crippen LogP contribution in [-0.4, -0.2) is 32.9 Å². The SMILES string of the molecule is COc1ccc(N=Cc2cc(Cl)c(OCC(=O)Nc3ccccc3)c(OC)c2)cc1. The summed E-state index contributed by atoms with van der Waals surface area (Å²) in [5.41, 5.74) is 2.19. The second kappa shape index (κ2) is 10.3. The number of para-hydroxylation sites is 1. The molecule has 0 spiro atoms. The van der Waals surface area contributed by atoms with E-state index in [1.165, 1.54) is 7.11 Å². The lowest BCUT2D eigenvalue weighted by Crippen LogP contribution is -2.20. The van der Waals surface area contributed by atoms with Gasteiger partial charge >= 0.3 is 0 Å². The Kier molecular flexibility index (Phi) is 7.29. The number of methoxy groups -OCH3 is 2. The number of rotatable bonds is 8. The minimum absolute atomic E-state index is 0.204. The van der Waals surface area contributed by atoms with E-state index in [0.29, 0.717) is 22.2 Å². The molecule has 0 atom stereocenters. The molecule has 1 amide bonds. The maximum Gasteiger partial charge on any atom is 0.262 e. The van der Waals surface area contributed by atoms with Gasteiger partial charge in [0.05, 0.1) is 24.9 Å². The van der Waals surface area contributed by atoms with Crippen molar-refractivity contribution >= 4 is 35.1 Å². The molecule has 0 fully saturated rings. The highest BCUT2D eigenvalue weighted by Crippen LogP contribution is 2.36. The number of nitrogens with one attached hydrogen (secondary N) is 1. The van der Waals surface area contributed by atoms with E-state index in [9.17, 15) is 4.79 Å². The predicted octanol–water partition coefficient (Wildman–Crippen LogP) is 5.13. The molecule has 3 rings (SSSR count). The van der Waals surface area contributed by atoms with Gasteiger partial charge in [0.2, 0.25) is 0 Å². The summed E-state index contributed by atoms with van der Waals surface area (Å²) in [7, 11) is 3.12. The molecule has 0 aliphatic heterocycles. The van der Waals surface area contributed by atoms with Crippen molar-refractivity contribution in [2.45, 2.75) is 0 Å². The fourth-order valence-electron chi connectivity index (χ4n) is 2.63. The Morgan fingerprint density at radius 1 is 1.03 bits per heavy atom. The van der Waals surface area contributed by atoms with E-state index in [0.717, 1.165) is 17.0 Å². The van der Waals surface area contributed by atoms with E-state index < -0.39 is 0 Å². The summed E-state index contributed by atoms with van der Waals surface area (Å²) in [6, 6.07) is 19.9. The average molecular weight is 425 g/mol. The minimum atomic E-state index is -0.301. The Morgan fingerprint density at radius 2 is 1.77 bits per heavy atom. The first-order valence-corrected chi connectivity index (χ1v) is 9.50. The first-order valence-electron chi connectivity index (χ1n) is 9.12. The van der Waals surface area contributed by atoms with Crippen LogP contribution in [0.5, 0.6) is 17.2 Å². The Balaban J connectivity index is 1.68. The van der Waals surface area contributed by atoms with Crippen molar-refractivity contribution in [1.82, 2.24) is 0 Å². The number of hydrogen-bond acceptors (Lipinski definition) is 5. The lowest BCUT2D eigenvalue weighted by atomic mass is 10.2. The average Bonchev–Trinajstić information content (AvgIpc) is 2.77. The summed E-state index contributed by atoms with van der Waals surface area (Å²) >= 11 is 6.36. The number of carbonyl (C=O) groups is 1. The Labute approximate surface area is 180 Å². The van der Waals surface area contributed by atoms with Gasteiger partial charge in [0.1, 0.15) is 5.75 Å². The molecule has 30 heavy (non-hydrogen) atoms. The Bertz CT molecular complexity index is 1020. The zero-order chi connectivity index (χ0) is 21.3. The van der Waals surface area contributed by atoms with Gasteiger partial charge in [-0.05, 0) is 54.1 Å². The summed E-state index contributed by atoms with van der Waals surface area (Å²) in [5, 5.41) is 3.07. The highest BCUT2D eigenvalue weighted by Gasteiger charge is 2.13. The molecule has 6 nitrogen and oxygen atoms in total. The molecule has 154 valence electrons.